The highest BCUT2D eigenvalue weighted by molar-refractivity contribution is 5.03. The predicted molar refractivity (Wildman–Crippen MR) is 68.0 cm³/mol. The molecule has 1 aromatic heterocycles. The molecule has 2 aliphatic carbocycles. The third kappa shape index (κ3) is 2.60. The molecule has 20 heavy (non-hydrogen) atoms. The number of hydrogen-bond acceptors (Lipinski definition) is 6. The van der Waals surface area contributed by atoms with Gasteiger partial charge in [-0.05, 0) is 25.7 Å². The molecular formula is C14H20N2O4. The van der Waals surface area contributed by atoms with Crippen LogP contribution in [0.25, 0.3) is 0 Å². The Hall–Kier alpha value is -0.980. The van der Waals surface area contributed by atoms with Crippen LogP contribution in [-0.4, -0.2) is 35.2 Å². The van der Waals surface area contributed by atoms with Crippen molar-refractivity contribution in [2.75, 3.05) is 13.2 Å². The highest BCUT2D eigenvalue weighted by Crippen LogP contribution is 2.38. The topological polar surface area (TPSA) is 66.6 Å². The van der Waals surface area contributed by atoms with Crippen molar-refractivity contribution in [2.24, 2.45) is 0 Å². The van der Waals surface area contributed by atoms with Crippen molar-refractivity contribution >= 4 is 0 Å². The Bertz CT molecular complexity index is 455. The van der Waals surface area contributed by atoms with Crippen molar-refractivity contribution in [2.45, 2.75) is 62.9 Å². The molecule has 0 unspecified atom stereocenters. The van der Waals surface area contributed by atoms with E-state index < -0.39 is 0 Å². The summed E-state index contributed by atoms with van der Waals surface area (Å²) in [6.07, 6.45) is 6.36. The fraction of sp³-hybridized carbons (Fsp3) is 0.857. The van der Waals surface area contributed by atoms with Crippen LogP contribution in [0.1, 0.15) is 56.2 Å². The Morgan fingerprint density at radius 1 is 1.10 bits per heavy atom. The predicted octanol–water partition coefficient (Wildman–Crippen LogP) is 2.15. The van der Waals surface area contributed by atoms with Gasteiger partial charge in [-0.15, -0.1) is 0 Å². The maximum atomic E-state index is 5.88. The van der Waals surface area contributed by atoms with Crippen molar-refractivity contribution in [1.82, 2.24) is 10.1 Å². The molecular weight excluding hydrogens is 260 g/mol. The van der Waals surface area contributed by atoms with Crippen molar-refractivity contribution in [1.29, 1.82) is 0 Å². The van der Waals surface area contributed by atoms with E-state index in [1.807, 2.05) is 0 Å². The quantitative estimate of drug-likeness (QED) is 0.842. The lowest BCUT2D eigenvalue weighted by Gasteiger charge is -2.34. The molecule has 0 bridgehead atoms. The van der Waals surface area contributed by atoms with Crippen molar-refractivity contribution in [3.8, 4) is 0 Å². The first-order valence-electron chi connectivity index (χ1n) is 7.55. The lowest BCUT2D eigenvalue weighted by molar-refractivity contribution is -0.193. The summed E-state index contributed by atoms with van der Waals surface area (Å²) in [6, 6.07) is 0. The molecule has 1 aliphatic heterocycles. The summed E-state index contributed by atoms with van der Waals surface area (Å²) in [7, 11) is 0. The molecule has 4 rings (SSSR count). The molecule has 0 atom stereocenters. The first-order chi connectivity index (χ1) is 9.83. The molecule has 0 radical (unpaired) electrons. The van der Waals surface area contributed by atoms with Gasteiger partial charge < -0.3 is 18.7 Å². The van der Waals surface area contributed by atoms with Crippen LogP contribution < -0.4 is 0 Å². The highest BCUT2D eigenvalue weighted by Gasteiger charge is 2.40. The van der Waals surface area contributed by atoms with Gasteiger partial charge in [0.2, 0.25) is 0 Å². The highest BCUT2D eigenvalue weighted by atomic mass is 16.7. The summed E-state index contributed by atoms with van der Waals surface area (Å²) in [5.41, 5.74) is 0. The maximum absolute atomic E-state index is 5.88. The van der Waals surface area contributed by atoms with E-state index in [9.17, 15) is 0 Å². The molecule has 6 nitrogen and oxygen atoms in total. The summed E-state index contributed by atoms with van der Waals surface area (Å²) in [5, 5.41) is 3.99. The van der Waals surface area contributed by atoms with E-state index in [2.05, 4.69) is 10.1 Å². The molecule has 3 aliphatic rings. The molecule has 1 spiro atoms. The standard InChI is InChI=1S/C14H20N2O4/c1-2-10(1)13-15-12(20-16-13)9-17-11-3-5-14(6-4-11)18-7-8-19-14/h10-11H,1-9H2. The van der Waals surface area contributed by atoms with Gasteiger partial charge in [0, 0.05) is 18.8 Å². The molecule has 3 fully saturated rings. The van der Waals surface area contributed by atoms with Gasteiger partial charge in [0.1, 0.15) is 6.61 Å². The summed E-state index contributed by atoms with van der Waals surface area (Å²) in [4.78, 5) is 4.38. The van der Waals surface area contributed by atoms with Crippen LogP contribution in [-0.2, 0) is 20.8 Å². The molecule has 2 saturated carbocycles. The largest absolute Gasteiger partial charge is 0.368 e. The molecule has 0 N–H and O–H groups in total. The van der Waals surface area contributed by atoms with E-state index in [4.69, 9.17) is 18.7 Å². The second-order valence-corrected chi connectivity index (χ2v) is 5.94. The molecule has 6 heteroatoms. The maximum Gasteiger partial charge on any atom is 0.252 e. The van der Waals surface area contributed by atoms with Gasteiger partial charge in [0.05, 0.1) is 19.3 Å². The van der Waals surface area contributed by atoms with Gasteiger partial charge in [0.15, 0.2) is 11.6 Å². The minimum Gasteiger partial charge on any atom is -0.368 e. The number of ether oxygens (including phenoxy) is 3. The van der Waals surface area contributed by atoms with Gasteiger partial charge in [-0.25, -0.2) is 0 Å². The lowest BCUT2D eigenvalue weighted by Crippen LogP contribution is -2.37. The van der Waals surface area contributed by atoms with E-state index in [0.29, 0.717) is 18.4 Å². The van der Waals surface area contributed by atoms with Crippen LogP contribution in [0.5, 0.6) is 0 Å². The molecule has 0 amide bonds. The monoisotopic (exact) mass is 280 g/mol. The Morgan fingerprint density at radius 2 is 1.85 bits per heavy atom. The smallest absolute Gasteiger partial charge is 0.252 e. The van der Waals surface area contributed by atoms with Crippen LogP contribution >= 0.6 is 0 Å². The summed E-state index contributed by atoms with van der Waals surface area (Å²) in [5.74, 6) is 1.65. The Labute approximate surface area is 117 Å². The fourth-order valence-corrected chi connectivity index (χ4v) is 3.01. The Kier molecular flexibility index (Phi) is 3.24. The minimum absolute atomic E-state index is 0.240. The summed E-state index contributed by atoms with van der Waals surface area (Å²) in [6.45, 7) is 1.86. The van der Waals surface area contributed by atoms with E-state index >= 15 is 0 Å². The van der Waals surface area contributed by atoms with Crippen LogP contribution in [0, 0.1) is 0 Å². The second kappa shape index (κ2) is 5.09. The summed E-state index contributed by atoms with van der Waals surface area (Å²) < 4.78 is 22.5. The first-order valence-corrected chi connectivity index (χ1v) is 7.55. The van der Waals surface area contributed by atoms with Gasteiger partial charge in [-0.1, -0.05) is 5.16 Å². The number of aromatic nitrogens is 2. The zero-order chi connectivity index (χ0) is 13.4. The molecule has 1 saturated heterocycles. The van der Waals surface area contributed by atoms with Gasteiger partial charge in [0.25, 0.3) is 5.89 Å². The van der Waals surface area contributed by atoms with Gasteiger partial charge >= 0.3 is 0 Å². The van der Waals surface area contributed by atoms with E-state index in [1.165, 1.54) is 12.8 Å². The van der Waals surface area contributed by atoms with Crippen LogP contribution in [0.3, 0.4) is 0 Å². The molecule has 110 valence electrons. The normalized spacial score (nSPS) is 26.4. The van der Waals surface area contributed by atoms with Crippen molar-refractivity contribution in [3.05, 3.63) is 11.7 Å². The van der Waals surface area contributed by atoms with Gasteiger partial charge in [-0.3, -0.25) is 0 Å². The van der Waals surface area contributed by atoms with Crippen molar-refractivity contribution in [3.63, 3.8) is 0 Å². The summed E-state index contributed by atoms with van der Waals surface area (Å²) >= 11 is 0. The number of hydrogen-bond donors (Lipinski definition) is 0. The molecule has 1 aromatic rings. The molecule has 0 aromatic carbocycles. The van der Waals surface area contributed by atoms with Crippen LogP contribution in [0.15, 0.2) is 4.52 Å². The average Bonchev–Trinajstić information content (AvgIpc) is 3.05. The fourth-order valence-electron chi connectivity index (χ4n) is 3.01. The zero-order valence-corrected chi connectivity index (χ0v) is 11.5. The van der Waals surface area contributed by atoms with E-state index in [1.54, 1.807) is 0 Å². The lowest BCUT2D eigenvalue weighted by atomic mass is 9.92. The zero-order valence-electron chi connectivity index (χ0n) is 11.5. The third-order valence-electron chi connectivity index (χ3n) is 4.38. The Balaban J connectivity index is 1.25. The number of rotatable bonds is 4. The van der Waals surface area contributed by atoms with E-state index in [-0.39, 0.29) is 11.9 Å². The molecule has 2 heterocycles. The SMILES string of the molecule is C1COC2(CCC(OCc3nc(C4CC4)no3)CC2)O1. The van der Waals surface area contributed by atoms with Gasteiger partial charge in [-0.2, -0.15) is 4.98 Å². The average molecular weight is 280 g/mol. The number of nitrogens with zero attached hydrogens (tertiary/aromatic N) is 2. The minimum atomic E-state index is -0.316. The van der Waals surface area contributed by atoms with Crippen molar-refractivity contribution < 1.29 is 18.7 Å². The third-order valence-corrected chi connectivity index (χ3v) is 4.38. The second-order valence-electron chi connectivity index (χ2n) is 5.94. The first kappa shape index (κ1) is 12.7. The van der Waals surface area contributed by atoms with E-state index in [0.717, 1.165) is 44.7 Å². The van der Waals surface area contributed by atoms with Crippen LogP contribution in [0.2, 0.25) is 0 Å². The Morgan fingerprint density at radius 3 is 2.55 bits per heavy atom. The van der Waals surface area contributed by atoms with Crippen LogP contribution in [0.4, 0.5) is 0 Å².